The molecule has 0 radical (unpaired) electrons. The molecule has 1 N–H and O–H groups in total. The van der Waals surface area contributed by atoms with Crippen LogP contribution in [-0.2, 0) is 12.7 Å². The highest BCUT2D eigenvalue weighted by atomic mass is 35.5. The highest BCUT2D eigenvalue weighted by Gasteiger charge is 2.30. The molecule has 2 heterocycles. The van der Waals surface area contributed by atoms with Crippen LogP contribution in [0.15, 0.2) is 42.7 Å². The van der Waals surface area contributed by atoms with Crippen molar-refractivity contribution in [1.82, 2.24) is 14.7 Å². The van der Waals surface area contributed by atoms with Crippen LogP contribution in [0.3, 0.4) is 0 Å². The van der Waals surface area contributed by atoms with Crippen LogP contribution in [0.25, 0.3) is 5.65 Å². The van der Waals surface area contributed by atoms with E-state index < -0.39 is 17.6 Å². The van der Waals surface area contributed by atoms with Crippen molar-refractivity contribution in [2.24, 2.45) is 0 Å². The van der Waals surface area contributed by atoms with Gasteiger partial charge in [-0.3, -0.25) is 4.79 Å². The van der Waals surface area contributed by atoms with Crippen LogP contribution >= 0.6 is 23.2 Å². The first-order valence-electron chi connectivity index (χ1n) is 7.02. The molecule has 130 valence electrons. The zero-order valence-electron chi connectivity index (χ0n) is 12.4. The van der Waals surface area contributed by atoms with Gasteiger partial charge in [-0.15, -0.1) is 0 Å². The van der Waals surface area contributed by atoms with Crippen LogP contribution in [0.4, 0.5) is 13.2 Å². The summed E-state index contributed by atoms with van der Waals surface area (Å²) in [7, 11) is 0. The highest BCUT2D eigenvalue weighted by molar-refractivity contribution is 6.42. The quantitative estimate of drug-likeness (QED) is 0.714. The Labute approximate surface area is 150 Å². The SMILES string of the molecule is O=C(NCc1cn2cc(C(F)(F)F)ccc2n1)c1ccc(Cl)c(Cl)c1. The van der Waals surface area contributed by atoms with E-state index in [9.17, 15) is 18.0 Å². The lowest BCUT2D eigenvalue weighted by Gasteiger charge is -2.05. The molecule has 9 heteroatoms. The summed E-state index contributed by atoms with van der Waals surface area (Å²) < 4.78 is 39.4. The fourth-order valence-corrected chi connectivity index (χ4v) is 2.51. The van der Waals surface area contributed by atoms with Gasteiger partial charge in [0.1, 0.15) is 5.65 Å². The number of rotatable bonds is 3. The molecule has 0 saturated heterocycles. The predicted octanol–water partition coefficient (Wildman–Crippen LogP) is 4.59. The first-order chi connectivity index (χ1) is 11.7. The summed E-state index contributed by atoms with van der Waals surface area (Å²) >= 11 is 11.7. The Morgan fingerprint density at radius 3 is 2.56 bits per heavy atom. The van der Waals surface area contributed by atoms with Gasteiger partial charge in [0, 0.05) is 18.0 Å². The number of benzene rings is 1. The van der Waals surface area contributed by atoms with E-state index in [1.165, 1.54) is 34.9 Å². The van der Waals surface area contributed by atoms with Gasteiger partial charge in [-0.1, -0.05) is 23.2 Å². The lowest BCUT2D eigenvalue weighted by molar-refractivity contribution is -0.137. The molecule has 0 atom stereocenters. The third kappa shape index (κ3) is 3.88. The van der Waals surface area contributed by atoms with Crippen molar-refractivity contribution in [1.29, 1.82) is 0 Å². The Kier molecular flexibility index (Phi) is 4.62. The molecule has 3 aromatic rings. The average molecular weight is 388 g/mol. The Morgan fingerprint density at radius 1 is 1.12 bits per heavy atom. The molecule has 4 nitrogen and oxygen atoms in total. The van der Waals surface area contributed by atoms with Crippen molar-refractivity contribution >= 4 is 34.8 Å². The fraction of sp³-hybridized carbons (Fsp3) is 0.125. The second-order valence-corrected chi connectivity index (χ2v) is 6.04. The maximum atomic E-state index is 12.7. The minimum Gasteiger partial charge on any atom is -0.346 e. The van der Waals surface area contributed by atoms with Crippen molar-refractivity contribution in [3.8, 4) is 0 Å². The fourth-order valence-electron chi connectivity index (χ4n) is 2.21. The number of amides is 1. The number of hydrogen-bond acceptors (Lipinski definition) is 2. The van der Waals surface area contributed by atoms with E-state index in [0.29, 0.717) is 21.9 Å². The summed E-state index contributed by atoms with van der Waals surface area (Å²) in [5, 5.41) is 3.21. The van der Waals surface area contributed by atoms with Crippen molar-refractivity contribution in [2.75, 3.05) is 0 Å². The number of nitrogens with zero attached hydrogens (tertiary/aromatic N) is 2. The third-order valence-corrected chi connectivity index (χ3v) is 4.18. The molecule has 0 bridgehead atoms. The van der Waals surface area contributed by atoms with E-state index in [-0.39, 0.29) is 11.6 Å². The third-order valence-electron chi connectivity index (χ3n) is 3.44. The van der Waals surface area contributed by atoms with Gasteiger partial charge < -0.3 is 9.72 Å². The van der Waals surface area contributed by atoms with Crippen LogP contribution in [0.2, 0.25) is 10.0 Å². The molecule has 0 unspecified atom stereocenters. The molecule has 0 aliphatic rings. The van der Waals surface area contributed by atoms with Gasteiger partial charge >= 0.3 is 6.18 Å². The van der Waals surface area contributed by atoms with Crippen LogP contribution in [0.5, 0.6) is 0 Å². The Morgan fingerprint density at radius 2 is 1.88 bits per heavy atom. The van der Waals surface area contributed by atoms with Crippen LogP contribution in [0.1, 0.15) is 21.6 Å². The van der Waals surface area contributed by atoms with Gasteiger partial charge in [-0.25, -0.2) is 4.98 Å². The molecular weight excluding hydrogens is 378 g/mol. The van der Waals surface area contributed by atoms with E-state index in [2.05, 4.69) is 10.3 Å². The Bertz CT molecular complexity index is 953. The largest absolute Gasteiger partial charge is 0.417 e. The zero-order valence-corrected chi connectivity index (χ0v) is 14.0. The zero-order chi connectivity index (χ0) is 18.2. The van der Waals surface area contributed by atoms with Crippen molar-refractivity contribution in [2.45, 2.75) is 12.7 Å². The van der Waals surface area contributed by atoms with Gasteiger partial charge in [-0.2, -0.15) is 13.2 Å². The second-order valence-electron chi connectivity index (χ2n) is 5.22. The standard InChI is InChI=1S/C16H10Cl2F3N3O/c17-12-3-1-9(5-13(12)18)15(25)22-6-11-8-24-7-10(16(19,20)21)2-4-14(24)23-11/h1-5,7-8H,6H2,(H,22,25). The van der Waals surface area contributed by atoms with Gasteiger partial charge in [0.25, 0.3) is 5.91 Å². The molecule has 0 aliphatic carbocycles. The minimum absolute atomic E-state index is 0.0576. The molecule has 0 fully saturated rings. The van der Waals surface area contributed by atoms with Crippen LogP contribution in [-0.4, -0.2) is 15.3 Å². The number of alkyl halides is 3. The van der Waals surface area contributed by atoms with E-state index >= 15 is 0 Å². The lowest BCUT2D eigenvalue weighted by Crippen LogP contribution is -2.22. The Balaban J connectivity index is 1.74. The predicted molar refractivity (Wildman–Crippen MR) is 87.8 cm³/mol. The monoisotopic (exact) mass is 387 g/mol. The summed E-state index contributed by atoms with van der Waals surface area (Å²) in [6.07, 6.45) is -2.05. The molecule has 1 amide bonds. The number of carbonyl (C=O) groups is 1. The second kappa shape index (κ2) is 6.57. The lowest BCUT2D eigenvalue weighted by atomic mass is 10.2. The normalized spacial score (nSPS) is 11.7. The maximum Gasteiger partial charge on any atom is 0.417 e. The number of hydrogen-bond donors (Lipinski definition) is 1. The van der Waals surface area contributed by atoms with Gasteiger partial charge in [0.05, 0.1) is 27.8 Å². The van der Waals surface area contributed by atoms with Crippen molar-refractivity contribution in [3.05, 3.63) is 69.6 Å². The van der Waals surface area contributed by atoms with Crippen molar-refractivity contribution < 1.29 is 18.0 Å². The van der Waals surface area contributed by atoms with E-state index in [4.69, 9.17) is 23.2 Å². The summed E-state index contributed by atoms with van der Waals surface area (Å²) in [5.74, 6) is -0.397. The molecule has 1 aromatic carbocycles. The van der Waals surface area contributed by atoms with Gasteiger partial charge in [0.15, 0.2) is 0 Å². The molecule has 3 rings (SSSR count). The van der Waals surface area contributed by atoms with Crippen LogP contribution in [0, 0.1) is 0 Å². The first-order valence-corrected chi connectivity index (χ1v) is 7.78. The number of imidazole rings is 1. The highest BCUT2D eigenvalue weighted by Crippen LogP contribution is 2.29. The number of carbonyl (C=O) groups excluding carboxylic acids is 1. The van der Waals surface area contributed by atoms with E-state index in [1.807, 2.05) is 0 Å². The van der Waals surface area contributed by atoms with E-state index in [1.54, 1.807) is 0 Å². The smallest absolute Gasteiger partial charge is 0.346 e. The number of fused-ring (bicyclic) bond motifs is 1. The van der Waals surface area contributed by atoms with E-state index in [0.717, 1.165) is 12.3 Å². The average Bonchev–Trinajstić information content (AvgIpc) is 2.96. The summed E-state index contributed by atoms with van der Waals surface area (Å²) in [4.78, 5) is 16.3. The number of nitrogens with one attached hydrogen (secondary N) is 1. The molecular formula is C16H10Cl2F3N3O. The van der Waals surface area contributed by atoms with Gasteiger partial charge in [0.2, 0.25) is 0 Å². The topological polar surface area (TPSA) is 46.4 Å². The summed E-state index contributed by atoms with van der Waals surface area (Å²) in [5.41, 5.74) is 0.320. The van der Waals surface area contributed by atoms with Gasteiger partial charge in [-0.05, 0) is 30.3 Å². The Hall–Kier alpha value is -2.25. The molecule has 2 aromatic heterocycles. The maximum absolute atomic E-state index is 12.7. The number of halogens is 5. The molecule has 0 aliphatic heterocycles. The minimum atomic E-state index is -4.43. The van der Waals surface area contributed by atoms with Crippen molar-refractivity contribution in [3.63, 3.8) is 0 Å². The van der Waals surface area contributed by atoms with Crippen LogP contribution < -0.4 is 5.32 Å². The number of aromatic nitrogens is 2. The molecule has 25 heavy (non-hydrogen) atoms. The first kappa shape index (κ1) is 17.6. The molecule has 0 saturated carbocycles. The molecule has 0 spiro atoms. The summed E-state index contributed by atoms with van der Waals surface area (Å²) in [6.45, 7) is 0.0576. The number of pyridine rings is 1. The summed E-state index contributed by atoms with van der Waals surface area (Å²) in [6, 6.07) is 6.68.